The monoisotopic (exact) mass is 486 g/mol. The van der Waals surface area contributed by atoms with E-state index in [0.717, 1.165) is 0 Å². The second-order valence-corrected chi connectivity index (χ2v) is 6.58. The van der Waals surface area contributed by atoms with Crippen LogP contribution in [0, 0.1) is 0 Å². The summed E-state index contributed by atoms with van der Waals surface area (Å²) in [7, 11) is 0. The lowest BCUT2D eigenvalue weighted by molar-refractivity contribution is 0.692. The van der Waals surface area contributed by atoms with Gasteiger partial charge in [0.2, 0.25) is 0 Å². The first-order valence-electron chi connectivity index (χ1n) is 13.8. The van der Waals surface area contributed by atoms with Crippen LogP contribution < -0.4 is 0 Å². The zero-order valence-electron chi connectivity index (χ0n) is 25.0. The van der Waals surface area contributed by atoms with Crippen LogP contribution in [-0.2, 0) is 0 Å². The van der Waals surface area contributed by atoms with Crippen LogP contribution in [0.15, 0.2) is 134 Å². The largest absolute Gasteiger partial charge is 0.0991 e. The molecule has 0 N–H and O–H groups in total. The lowest BCUT2D eigenvalue weighted by Crippen LogP contribution is -2.15. The summed E-state index contributed by atoms with van der Waals surface area (Å²) < 4.78 is 0. The van der Waals surface area contributed by atoms with Crippen molar-refractivity contribution < 1.29 is 0 Å². The third-order valence-electron chi connectivity index (χ3n) is 4.71. The molecule has 0 aliphatic rings. The normalized spacial score (nSPS) is 12.3. The Morgan fingerprint density at radius 2 is 0.806 bits per heavy atom. The molecule has 0 heterocycles. The van der Waals surface area contributed by atoms with E-state index < -0.39 is 0 Å². The van der Waals surface area contributed by atoms with Gasteiger partial charge in [0.1, 0.15) is 0 Å². The van der Waals surface area contributed by atoms with Gasteiger partial charge in [-0.25, -0.2) is 0 Å². The van der Waals surface area contributed by atoms with Crippen molar-refractivity contribution in [1.29, 1.82) is 0 Å². The second kappa shape index (κ2) is 28.1. The molecule has 2 aromatic rings. The van der Waals surface area contributed by atoms with Crippen molar-refractivity contribution >= 4 is 0 Å². The van der Waals surface area contributed by atoms with Gasteiger partial charge >= 0.3 is 0 Å². The number of hydrogen-bond donors (Lipinski definition) is 0. The van der Waals surface area contributed by atoms with E-state index in [9.17, 15) is 0 Å². The summed E-state index contributed by atoms with van der Waals surface area (Å²) in [6.07, 6.45) is 16.6. The van der Waals surface area contributed by atoms with Gasteiger partial charge in [0.15, 0.2) is 0 Å². The summed E-state index contributed by atoms with van der Waals surface area (Å²) in [5, 5.41) is 0. The van der Waals surface area contributed by atoms with Gasteiger partial charge in [-0.1, -0.05) is 178 Å². The molecule has 2 rings (SSSR count). The van der Waals surface area contributed by atoms with Crippen molar-refractivity contribution in [2.45, 2.75) is 81.1 Å². The number of allylic oxidation sites excluding steroid dienone is 10. The Kier molecular flexibility index (Phi) is 29.2. The fourth-order valence-corrected chi connectivity index (χ4v) is 3.66. The predicted octanol–water partition coefficient (Wildman–Crippen LogP) is 12.0. The van der Waals surface area contributed by atoms with Crippen molar-refractivity contribution in [3.05, 3.63) is 145 Å². The van der Waals surface area contributed by atoms with E-state index in [-0.39, 0.29) is 11.8 Å². The molecule has 0 saturated heterocycles. The van der Waals surface area contributed by atoms with E-state index in [2.05, 4.69) is 124 Å². The molecule has 0 radical (unpaired) electrons. The van der Waals surface area contributed by atoms with Crippen LogP contribution in [-0.4, -0.2) is 0 Å². The fourth-order valence-electron chi connectivity index (χ4n) is 3.66. The van der Waals surface area contributed by atoms with Gasteiger partial charge in [-0.15, -0.1) is 0 Å². The van der Waals surface area contributed by atoms with E-state index >= 15 is 0 Å². The Morgan fingerprint density at radius 1 is 0.528 bits per heavy atom. The highest BCUT2D eigenvalue weighted by Crippen LogP contribution is 2.44. The number of benzene rings is 2. The van der Waals surface area contributed by atoms with Gasteiger partial charge in [0.25, 0.3) is 0 Å². The minimum absolute atomic E-state index is 0.153. The van der Waals surface area contributed by atoms with Crippen LogP contribution in [0.2, 0.25) is 0 Å². The topological polar surface area (TPSA) is 0 Å². The minimum Gasteiger partial charge on any atom is -0.0991 e. The Morgan fingerprint density at radius 3 is 1.03 bits per heavy atom. The molecule has 36 heavy (non-hydrogen) atoms. The first-order valence-corrected chi connectivity index (χ1v) is 13.8. The standard InChI is InChI=1S/C28H30.4C2H6/c1-5-15-23(16-6-2)27(25-19-11-9-12-20-25)28(24(17-7-3)18-8-4)26-21-13-10-14-22-26;4*1-2/h5-22,27-28H,1,3H2,2,4H3;4*1-2H3/b16-6-,18-8-,23-15+,24-17+;;;;. The van der Waals surface area contributed by atoms with Crippen molar-refractivity contribution in [3.63, 3.8) is 0 Å². The van der Waals surface area contributed by atoms with Crippen LogP contribution in [0.3, 0.4) is 0 Å². The Labute approximate surface area is 225 Å². The van der Waals surface area contributed by atoms with Crippen LogP contribution in [0.5, 0.6) is 0 Å². The molecule has 0 fully saturated rings. The predicted molar refractivity (Wildman–Crippen MR) is 170 cm³/mol. The van der Waals surface area contributed by atoms with Crippen molar-refractivity contribution in [2.24, 2.45) is 0 Å². The summed E-state index contributed by atoms with van der Waals surface area (Å²) in [6.45, 7) is 28.0. The molecule has 0 bridgehead atoms. The summed E-state index contributed by atoms with van der Waals surface area (Å²) in [5.41, 5.74) is 5.03. The molecule has 0 amide bonds. The van der Waals surface area contributed by atoms with Gasteiger partial charge in [-0.3, -0.25) is 0 Å². The first kappa shape index (κ1) is 37.4. The highest BCUT2D eigenvalue weighted by Gasteiger charge is 2.28. The summed E-state index contributed by atoms with van der Waals surface area (Å²) in [4.78, 5) is 0. The molecule has 0 aliphatic carbocycles. The molecule has 0 saturated carbocycles. The molecule has 0 aromatic heterocycles. The zero-order chi connectivity index (χ0) is 28.2. The van der Waals surface area contributed by atoms with Crippen molar-refractivity contribution in [1.82, 2.24) is 0 Å². The molecular formula is C36H54. The fraction of sp³-hybridized carbons (Fsp3) is 0.333. The lowest BCUT2D eigenvalue weighted by atomic mass is 9.72. The van der Waals surface area contributed by atoms with Crippen molar-refractivity contribution in [2.75, 3.05) is 0 Å². The summed E-state index contributed by atoms with van der Waals surface area (Å²) >= 11 is 0. The van der Waals surface area contributed by atoms with Gasteiger partial charge in [0.05, 0.1) is 0 Å². The van der Waals surface area contributed by atoms with Crippen LogP contribution in [0.25, 0.3) is 0 Å². The highest BCUT2D eigenvalue weighted by molar-refractivity contribution is 5.48. The van der Waals surface area contributed by atoms with E-state index in [1.807, 2.05) is 67.5 Å². The smallest absolute Gasteiger partial charge is 0.0199 e. The number of rotatable bonds is 9. The van der Waals surface area contributed by atoms with Crippen molar-refractivity contribution in [3.8, 4) is 0 Å². The maximum atomic E-state index is 3.95. The van der Waals surface area contributed by atoms with E-state index in [0.29, 0.717) is 0 Å². The van der Waals surface area contributed by atoms with E-state index in [4.69, 9.17) is 0 Å². The Hall–Kier alpha value is -3.12. The molecule has 0 nitrogen and oxygen atoms in total. The maximum Gasteiger partial charge on any atom is 0.0199 e. The third kappa shape index (κ3) is 13.7. The van der Waals surface area contributed by atoms with Gasteiger partial charge in [0, 0.05) is 11.8 Å². The van der Waals surface area contributed by atoms with Crippen LogP contribution >= 0.6 is 0 Å². The van der Waals surface area contributed by atoms with E-state index in [1.54, 1.807) is 0 Å². The summed E-state index contributed by atoms with van der Waals surface area (Å²) in [5.74, 6) is 0.306. The molecular weight excluding hydrogens is 432 g/mol. The first-order chi connectivity index (χ1) is 17.8. The molecule has 198 valence electrons. The third-order valence-corrected chi connectivity index (χ3v) is 4.71. The number of hydrogen-bond acceptors (Lipinski definition) is 0. The van der Waals surface area contributed by atoms with Gasteiger partial charge in [-0.2, -0.15) is 0 Å². The van der Waals surface area contributed by atoms with E-state index in [1.165, 1.54) is 22.3 Å². The highest BCUT2D eigenvalue weighted by atomic mass is 14.3. The quantitative estimate of drug-likeness (QED) is 0.309. The van der Waals surface area contributed by atoms with Crippen LogP contribution in [0.4, 0.5) is 0 Å². The molecule has 0 heteroatoms. The minimum atomic E-state index is 0.153. The maximum absolute atomic E-state index is 3.95. The molecule has 2 atom stereocenters. The Balaban J connectivity index is -0.00000124. The van der Waals surface area contributed by atoms with Crippen LogP contribution in [0.1, 0.15) is 92.2 Å². The molecule has 0 spiro atoms. The molecule has 0 aliphatic heterocycles. The summed E-state index contributed by atoms with van der Waals surface area (Å²) in [6, 6.07) is 21.4. The molecule has 2 aromatic carbocycles. The van der Waals surface area contributed by atoms with Gasteiger partial charge in [-0.05, 0) is 36.1 Å². The molecule has 2 unspecified atom stereocenters. The van der Waals surface area contributed by atoms with Gasteiger partial charge < -0.3 is 0 Å². The zero-order valence-corrected chi connectivity index (χ0v) is 25.0. The SMILES string of the molecule is C=C/C=C(\C=C/C)C(c1ccccc1)C(C(/C=C\C)=C/C=C)c1ccccc1.CC.CC.CC.CC. The lowest BCUT2D eigenvalue weighted by Gasteiger charge is -2.31. The average Bonchev–Trinajstić information content (AvgIpc) is 2.97. The second-order valence-electron chi connectivity index (χ2n) is 6.58. The average molecular weight is 487 g/mol. The Bertz CT molecular complexity index is 785.